The maximum Gasteiger partial charge on any atom is 0.338 e. The van der Waals surface area contributed by atoms with Crippen LogP contribution < -0.4 is 0 Å². The number of hydrogen-bond donors (Lipinski definition) is 1. The predicted octanol–water partition coefficient (Wildman–Crippen LogP) is 1.19. The van der Waals surface area contributed by atoms with Crippen LogP contribution in [-0.4, -0.2) is 36.2 Å². The number of methoxy groups -OCH3 is 1. The van der Waals surface area contributed by atoms with Crippen LogP contribution in [0.15, 0.2) is 12.1 Å². The van der Waals surface area contributed by atoms with Crippen molar-refractivity contribution >= 4 is 24.0 Å². The van der Waals surface area contributed by atoms with E-state index < -0.39 is 17.7 Å². The third-order valence-electron chi connectivity index (χ3n) is 2.33. The molecule has 0 saturated carbocycles. The van der Waals surface area contributed by atoms with E-state index >= 15 is 0 Å². The van der Waals surface area contributed by atoms with Gasteiger partial charge in [-0.1, -0.05) is 0 Å². The van der Waals surface area contributed by atoms with Gasteiger partial charge in [0, 0.05) is 11.1 Å². The van der Waals surface area contributed by atoms with Crippen LogP contribution in [-0.2, 0) is 4.74 Å². The van der Waals surface area contributed by atoms with Crippen LogP contribution in [0.1, 0.15) is 48.4 Å². The van der Waals surface area contributed by atoms with E-state index in [1.54, 1.807) is 0 Å². The maximum atomic E-state index is 11.4. The van der Waals surface area contributed by atoms with Crippen molar-refractivity contribution in [3.05, 3.63) is 34.4 Å². The summed E-state index contributed by atoms with van der Waals surface area (Å²) in [5.74, 6) is -2.70. The van der Waals surface area contributed by atoms with Crippen LogP contribution in [0.4, 0.5) is 0 Å². The van der Waals surface area contributed by atoms with Gasteiger partial charge in [0.05, 0.1) is 18.2 Å². The fourth-order valence-corrected chi connectivity index (χ4v) is 1.47. The third kappa shape index (κ3) is 2.42. The Morgan fingerprint density at radius 1 is 1.17 bits per heavy atom. The Labute approximate surface area is 102 Å². The van der Waals surface area contributed by atoms with Crippen molar-refractivity contribution in [1.29, 1.82) is 0 Å². The second kappa shape index (κ2) is 5.22. The number of aromatic carboxylic acids is 1. The lowest BCUT2D eigenvalue weighted by atomic mass is 9.97. The van der Waals surface area contributed by atoms with E-state index in [0.717, 1.165) is 19.2 Å². The molecule has 0 aromatic heterocycles. The normalized spacial score (nSPS) is 9.67. The lowest BCUT2D eigenvalue weighted by Crippen LogP contribution is -2.13. The molecule has 0 bridgehead atoms. The molecule has 1 rings (SSSR count). The molecular weight excluding hydrogens is 240 g/mol. The van der Waals surface area contributed by atoms with Gasteiger partial charge in [-0.15, -0.1) is 0 Å². The van der Waals surface area contributed by atoms with Crippen LogP contribution in [0.5, 0.6) is 0 Å². The summed E-state index contributed by atoms with van der Waals surface area (Å²) in [7, 11) is 1.11. The van der Waals surface area contributed by atoms with Crippen LogP contribution in [0.25, 0.3) is 0 Å². The van der Waals surface area contributed by atoms with E-state index in [1.807, 2.05) is 0 Å². The molecule has 0 aliphatic carbocycles. The lowest BCUT2D eigenvalue weighted by Gasteiger charge is -2.08. The molecule has 0 spiro atoms. The number of esters is 1. The fraction of sp³-hybridized carbons (Fsp3) is 0.167. The number of carboxylic acids is 1. The molecule has 0 aliphatic heterocycles. The molecular formula is C12H10O6. The molecule has 0 unspecified atom stereocenters. The van der Waals surface area contributed by atoms with Gasteiger partial charge >= 0.3 is 11.9 Å². The number of carboxylic acid groups (broad SMARTS) is 1. The summed E-state index contributed by atoms with van der Waals surface area (Å²) in [5.41, 5.74) is -0.738. The second-order valence-electron chi connectivity index (χ2n) is 3.46. The summed E-state index contributed by atoms with van der Waals surface area (Å²) >= 11 is 0. The third-order valence-corrected chi connectivity index (χ3v) is 2.33. The van der Waals surface area contributed by atoms with E-state index in [1.165, 1.54) is 6.92 Å². The number of ether oxygens (including phenoxy) is 1. The zero-order valence-corrected chi connectivity index (χ0v) is 9.72. The van der Waals surface area contributed by atoms with Crippen molar-refractivity contribution in [2.24, 2.45) is 0 Å². The standard InChI is InChI=1S/C12H10O6/c1-6(14)8-3-7(5-13)9(12(17)18-2)4-10(8)11(15)16/h3-5H,1-2H3,(H,15,16). The average molecular weight is 250 g/mol. The Balaban J connectivity index is 3.61. The minimum Gasteiger partial charge on any atom is -0.478 e. The van der Waals surface area contributed by atoms with E-state index in [0.29, 0.717) is 6.29 Å². The largest absolute Gasteiger partial charge is 0.478 e. The Kier molecular flexibility index (Phi) is 3.93. The molecule has 1 N–H and O–H groups in total. The van der Waals surface area contributed by atoms with Gasteiger partial charge < -0.3 is 9.84 Å². The highest BCUT2D eigenvalue weighted by molar-refractivity contribution is 6.09. The van der Waals surface area contributed by atoms with Gasteiger partial charge in [-0.05, 0) is 19.1 Å². The molecule has 0 aliphatic rings. The highest BCUT2D eigenvalue weighted by Crippen LogP contribution is 2.18. The highest BCUT2D eigenvalue weighted by Gasteiger charge is 2.21. The molecule has 18 heavy (non-hydrogen) atoms. The second-order valence-corrected chi connectivity index (χ2v) is 3.46. The number of hydrogen-bond acceptors (Lipinski definition) is 5. The molecule has 0 radical (unpaired) electrons. The van der Waals surface area contributed by atoms with Gasteiger partial charge in [0.2, 0.25) is 0 Å². The summed E-state index contributed by atoms with van der Waals surface area (Å²) in [6.45, 7) is 1.17. The summed E-state index contributed by atoms with van der Waals surface area (Å²) in [5, 5.41) is 8.96. The van der Waals surface area contributed by atoms with Crippen LogP contribution in [0.2, 0.25) is 0 Å². The Hall–Kier alpha value is -2.50. The number of rotatable bonds is 4. The van der Waals surface area contributed by atoms with Gasteiger partial charge in [-0.2, -0.15) is 0 Å². The molecule has 1 aromatic carbocycles. The van der Waals surface area contributed by atoms with Gasteiger partial charge in [0.25, 0.3) is 0 Å². The lowest BCUT2D eigenvalue weighted by molar-refractivity contribution is 0.0598. The van der Waals surface area contributed by atoms with Gasteiger partial charge in [-0.25, -0.2) is 9.59 Å². The molecule has 0 saturated heterocycles. The van der Waals surface area contributed by atoms with E-state index in [-0.39, 0.29) is 22.3 Å². The first-order valence-corrected chi connectivity index (χ1v) is 4.88. The van der Waals surface area contributed by atoms with Crippen molar-refractivity contribution in [3.8, 4) is 0 Å². The molecule has 0 heterocycles. The van der Waals surface area contributed by atoms with Crippen molar-refractivity contribution in [2.45, 2.75) is 6.92 Å². The smallest absolute Gasteiger partial charge is 0.338 e. The number of aldehydes is 1. The summed E-state index contributed by atoms with van der Waals surface area (Å²) < 4.78 is 4.44. The molecule has 1 aromatic rings. The van der Waals surface area contributed by atoms with Gasteiger partial charge in [0.15, 0.2) is 12.1 Å². The van der Waals surface area contributed by atoms with Crippen molar-refractivity contribution in [3.63, 3.8) is 0 Å². The summed E-state index contributed by atoms with van der Waals surface area (Å²) in [6, 6.07) is 2.04. The minimum atomic E-state index is -1.36. The molecule has 0 fully saturated rings. The molecule has 0 amide bonds. The number of carbonyl (C=O) groups is 4. The van der Waals surface area contributed by atoms with E-state index in [4.69, 9.17) is 5.11 Å². The van der Waals surface area contributed by atoms with Crippen molar-refractivity contribution < 1.29 is 29.0 Å². The van der Waals surface area contributed by atoms with Crippen LogP contribution in [0.3, 0.4) is 0 Å². The monoisotopic (exact) mass is 250 g/mol. The minimum absolute atomic E-state index is 0.0861. The summed E-state index contributed by atoms with van der Waals surface area (Å²) in [4.78, 5) is 44.5. The zero-order valence-electron chi connectivity index (χ0n) is 9.72. The van der Waals surface area contributed by atoms with Gasteiger partial charge in [-0.3, -0.25) is 9.59 Å². The van der Waals surface area contributed by atoms with E-state index in [9.17, 15) is 19.2 Å². The Bertz CT molecular complexity index is 544. The predicted molar refractivity (Wildman–Crippen MR) is 60.1 cm³/mol. The molecule has 94 valence electrons. The topological polar surface area (TPSA) is 97.7 Å². The van der Waals surface area contributed by atoms with Gasteiger partial charge in [0.1, 0.15) is 0 Å². The highest BCUT2D eigenvalue weighted by atomic mass is 16.5. The average Bonchev–Trinajstić information content (AvgIpc) is 2.35. The SMILES string of the molecule is COC(=O)c1cc(C(=O)O)c(C(C)=O)cc1C=O. The zero-order chi connectivity index (χ0) is 13.9. The maximum absolute atomic E-state index is 11.4. The number of ketones is 1. The summed E-state index contributed by atoms with van der Waals surface area (Å²) in [6.07, 6.45) is 0.365. The molecule has 6 nitrogen and oxygen atoms in total. The van der Waals surface area contributed by atoms with Crippen molar-refractivity contribution in [1.82, 2.24) is 0 Å². The first-order chi connectivity index (χ1) is 8.42. The number of carbonyl (C=O) groups excluding carboxylic acids is 3. The number of Topliss-reactive ketones (excluding diaryl/α,β-unsaturated/α-hetero) is 1. The Morgan fingerprint density at radius 2 is 1.78 bits per heavy atom. The number of benzene rings is 1. The van der Waals surface area contributed by atoms with Crippen LogP contribution >= 0.6 is 0 Å². The first-order valence-electron chi connectivity index (χ1n) is 4.88. The fourth-order valence-electron chi connectivity index (χ4n) is 1.47. The molecule has 0 atom stereocenters. The van der Waals surface area contributed by atoms with Crippen molar-refractivity contribution in [2.75, 3.05) is 7.11 Å². The van der Waals surface area contributed by atoms with Crippen LogP contribution in [0, 0.1) is 0 Å². The molecule has 6 heteroatoms. The van der Waals surface area contributed by atoms with E-state index in [2.05, 4.69) is 4.74 Å². The first kappa shape index (κ1) is 13.6. The Morgan fingerprint density at radius 3 is 2.17 bits per heavy atom. The quantitative estimate of drug-likeness (QED) is 0.489.